The summed E-state index contributed by atoms with van der Waals surface area (Å²) in [7, 11) is 1.56. The molecule has 6 nitrogen and oxygen atoms in total. The second kappa shape index (κ2) is 12.4. The monoisotopic (exact) mass is 511 g/mol. The molecule has 3 rings (SSSR count). The van der Waals surface area contributed by atoms with Crippen LogP contribution in [0.5, 0.6) is 17.2 Å². The van der Waals surface area contributed by atoms with E-state index < -0.39 is 0 Å². The first kappa shape index (κ1) is 26.3. The number of hydrogen-bond donors (Lipinski definition) is 2. The van der Waals surface area contributed by atoms with E-state index in [4.69, 9.17) is 38.0 Å². The lowest BCUT2D eigenvalue weighted by atomic mass is 9.87. The van der Waals surface area contributed by atoms with Gasteiger partial charge in [-0.05, 0) is 65.2 Å². The molecule has 0 atom stereocenters. The number of anilines is 1. The minimum absolute atomic E-state index is 0.104. The minimum atomic E-state index is 0.104. The van der Waals surface area contributed by atoms with Gasteiger partial charge in [-0.2, -0.15) is 5.10 Å². The van der Waals surface area contributed by atoms with Gasteiger partial charge in [0.1, 0.15) is 19.0 Å². The molecule has 3 aromatic rings. The van der Waals surface area contributed by atoms with Crippen LogP contribution in [-0.2, 0) is 5.41 Å². The molecule has 0 fully saturated rings. The van der Waals surface area contributed by atoms with Crippen LogP contribution >= 0.6 is 23.8 Å². The van der Waals surface area contributed by atoms with E-state index in [1.54, 1.807) is 25.5 Å². The lowest BCUT2D eigenvalue weighted by molar-refractivity contribution is 0.211. The van der Waals surface area contributed by atoms with Crippen molar-refractivity contribution >= 4 is 40.8 Å². The molecule has 0 aromatic heterocycles. The van der Waals surface area contributed by atoms with Gasteiger partial charge in [0.2, 0.25) is 0 Å². The van der Waals surface area contributed by atoms with E-state index in [1.165, 1.54) is 5.56 Å². The lowest BCUT2D eigenvalue weighted by Crippen LogP contribution is -2.23. The third-order valence-corrected chi connectivity index (χ3v) is 5.46. The zero-order valence-electron chi connectivity index (χ0n) is 20.3. The van der Waals surface area contributed by atoms with Crippen molar-refractivity contribution in [1.29, 1.82) is 0 Å². The fraction of sp³-hybridized carbons (Fsp3) is 0.259. The average Bonchev–Trinajstić information content (AvgIpc) is 2.83. The summed E-state index contributed by atoms with van der Waals surface area (Å²) in [4.78, 5) is 0. The van der Waals surface area contributed by atoms with Crippen LogP contribution < -0.4 is 25.0 Å². The van der Waals surface area contributed by atoms with Gasteiger partial charge in [0.15, 0.2) is 16.6 Å². The van der Waals surface area contributed by atoms with Crippen LogP contribution in [0.15, 0.2) is 71.8 Å². The molecular formula is C27H30ClN3O3S. The molecule has 0 aliphatic rings. The van der Waals surface area contributed by atoms with E-state index in [0.29, 0.717) is 34.8 Å². The predicted molar refractivity (Wildman–Crippen MR) is 148 cm³/mol. The van der Waals surface area contributed by atoms with Crippen molar-refractivity contribution in [3.63, 3.8) is 0 Å². The number of para-hydroxylation sites is 1. The SMILES string of the molecule is COc1cc(/C=N/NC(=S)Nc2ccccc2)cc(Cl)c1OCCOc1ccc(C(C)(C)C)cc1. The Hall–Kier alpha value is -3.29. The highest BCUT2D eigenvalue weighted by molar-refractivity contribution is 7.80. The summed E-state index contributed by atoms with van der Waals surface area (Å²) in [5, 5.41) is 7.99. The number of hydrazone groups is 1. The van der Waals surface area contributed by atoms with Crippen molar-refractivity contribution in [2.75, 3.05) is 25.6 Å². The molecule has 2 N–H and O–H groups in total. The number of halogens is 1. The summed E-state index contributed by atoms with van der Waals surface area (Å²) in [5.74, 6) is 1.74. The van der Waals surface area contributed by atoms with Crippen molar-refractivity contribution < 1.29 is 14.2 Å². The van der Waals surface area contributed by atoms with Crippen molar-refractivity contribution in [3.8, 4) is 17.2 Å². The summed E-state index contributed by atoms with van der Waals surface area (Å²) in [5.41, 5.74) is 5.74. The molecular weight excluding hydrogens is 482 g/mol. The van der Waals surface area contributed by atoms with Gasteiger partial charge in [0.25, 0.3) is 0 Å². The number of rotatable bonds is 9. The van der Waals surface area contributed by atoms with E-state index >= 15 is 0 Å². The lowest BCUT2D eigenvalue weighted by Gasteiger charge is -2.19. The van der Waals surface area contributed by atoms with Crippen molar-refractivity contribution in [3.05, 3.63) is 82.9 Å². The third-order valence-electron chi connectivity index (χ3n) is 4.98. The molecule has 8 heteroatoms. The van der Waals surface area contributed by atoms with Crippen LogP contribution in [0.4, 0.5) is 5.69 Å². The second-order valence-electron chi connectivity index (χ2n) is 8.70. The molecule has 0 spiro atoms. The highest BCUT2D eigenvalue weighted by Gasteiger charge is 2.14. The normalized spacial score (nSPS) is 11.2. The van der Waals surface area contributed by atoms with Gasteiger partial charge in [-0.25, -0.2) is 0 Å². The second-order valence-corrected chi connectivity index (χ2v) is 9.51. The molecule has 3 aromatic carbocycles. The molecule has 0 heterocycles. The Kier molecular flexibility index (Phi) is 9.34. The minimum Gasteiger partial charge on any atom is -0.493 e. The molecule has 0 amide bonds. The molecule has 0 aliphatic carbocycles. The van der Waals surface area contributed by atoms with Crippen LogP contribution in [0, 0.1) is 0 Å². The number of ether oxygens (including phenoxy) is 3. The standard InChI is InChI=1S/C27H30ClN3O3S/c1-27(2,3)20-10-12-22(13-11-20)33-14-15-34-25-23(28)16-19(17-24(25)32-4)18-29-31-26(35)30-21-8-6-5-7-9-21/h5-13,16-18H,14-15H2,1-4H3,(H2,30,31,35)/b29-18+. The first-order valence-electron chi connectivity index (χ1n) is 11.1. The number of thiocarbonyl (C=S) groups is 1. The number of nitrogens with zero attached hydrogens (tertiary/aromatic N) is 1. The Labute approximate surface area is 217 Å². The third kappa shape index (κ3) is 8.16. The van der Waals surface area contributed by atoms with Crippen LogP contribution in [0.3, 0.4) is 0 Å². The highest BCUT2D eigenvalue weighted by Crippen LogP contribution is 2.36. The van der Waals surface area contributed by atoms with Gasteiger partial charge in [0.05, 0.1) is 18.3 Å². The van der Waals surface area contributed by atoms with Crippen LogP contribution in [0.1, 0.15) is 31.9 Å². The fourth-order valence-electron chi connectivity index (χ4n) is 3.15. The van der Waals surface area contributed by atoms with E-state index in [1.807, 2.05) is 42.5 Å². The van der Waals surface area contributed by atoms with Gasteiger partial charge in [0, 0.05) is 5.69 Å². The maximum atomic E-state index is 6.45. The van der Waals surface area contributed by atoms with Gasteiger partial charge in [-0.3, -0.25) is 5.43 Å². The smallest absolute Gasteiger partial charge is 0.191 e. The van der Waals surface area contributed by atoms with Crippen LogP contribution in [0.2, 0.25) is 5.02 Å². The van der Waals surface area contributed by atoms with Crippen molar-refractivity contribution in [1.82, 2.24) is 5.43 Å². The quantitative estimate of drug-likeness (QED) is 0.149. The van der Waals surface area contributed by atoms with E-state index in [2.05, 4.69) is 48.7 Å². The molecule has 0 saturated carbocycles. The molecule has 184 valence electrons. The first-order chi connectivity index (χ1) is 16.8. The Bertz CT molecular complexity index is 1150. The summed E-state index contributed by atoms with van der Waals surface area (Å²) in [6, 6.07) is 21.2. The zero-order chi connectivity index (χ0) is 25.3. The summed E-state index contributed by atoms with van der Waals surface area (Å²) in [6.45, 7) is 7.22. The molecule has 0 saturated heterocycles. The van der Waals surface area contributed by atoms with E-state index in [0.717, 1.165) is 17.0 Å². The number of benzene rings is 3. The topological polar surface area (TPSA) is 64.1 Å². The zero-order valence-corrected chi connectivity index (χ0v) is 21.9. The average molecular weight is 512 g/mol. The predicted octanol–water partition coefficient (Wildman–Crippen LogP) is 6.42. The summed E-state index contributed by atoms with van der Waals surface area (Å²) < 4.78 is 17.1. The summed E-state index contributed by atoms with van der Waals surface area (Å²) in [6.07, 6.45) is 1.60. The summed E-state index contributed by atoms with van der Waals surface area (Å²) >= 11 is 11.7. The Morgan fingerprint density at radius 3 is 2.34 bits per heavy atom. The van der Waals surface area contributed by atoms with E-state index in [9.17, 15) is 0 Å². The van der Waals surface area contributed by atoms with Crippen LogP contribution in [-0.4, -0.2) is 31.7 Å². The highest BCUT2D eigenvalue weighted by atomic mass is 35.5. The Balaban J connectivity index is 1.52. The first-order valence-corrected chi connectivity index (χ1v) is 11.9. The molecule has 0 unspecified atom stereocenters. The van der Waals surface area contributed by atoms with E-state index in [-0.39, 0.29) is 5.41 Å². The Morgan fingerprint density at radius 1 is 1.00 bits per heavy atom. The molecule has 35 heavy (non-hydrogen) atoms. The van der Waals surface area contributed by atoms with Gasteiger partial charge < -0.3 is 19.5 Å². The maximum absolute atomic E-state index is 6.45. The van der Waals surface area contributed by atoms with Gasteiger partial charge >= 0.3 is 0 Å². The molecule has 0 aliphatic heterocycles. The van der Waals surface area contributed by atoms with Gasteiger partial charge in [-0.1, -0.05) is 62.7 Å². The number of methoxy groups -OCH3 is 1. The number of nitrogens with one attached hydrogen (secondary N) is 2. The fourth-order valence-corrected chi connectivity index (χ4v) is 3.60. The van der Waals surface area contributed by atoms with Crippen molar-refractivity contribution in [2.24, 2.45) is 5.10 Å². The molecule has 0 radical (unpaired) electrons. The van der Waals surface area contributed by atoms with Crippen LogP contribution in [0.25, 0.3) is 0 Å². The number of hydrogen-bond acceptors (Lipinski definition) is 5. The largest absolute Gasteiger partial charge is 0.493 e. The Morgan fingerprint density at radius 2 is 1.69 bits per heavy atom. The maximum Gasteiger partial charge on any atom is 0.191 e. The molecule has 0 bridgehead atoms. The van der Waals surface area contributed by atoms with Gasteiger partial charge in [-0.15, -0.1) is 0 Å². The van der Waals surface area contributed by atoms with Crippen molar-refractivity contribution in [2.45, 2.75) is 26.2 Å².